The van der Waals surface area contributed by atoms with Gasteiger partial charge in [0, 0.05) is 0 Å². The lowest BCUT2D eigenvalue weighted by molar-refractivity contribution is 0.0752. The molecule has 3 heteroatoms. The fraction of sp³-hybridized carbons (Fsp3) is 0.500. The molecule has 1 aromatic rings. The van der Waals surface area contributed by atoms with Gasteiger partial charge in [0.2, 0.25) is 0 Å². The summed E-state index contributed by atoms with van der Waals surface area (Å²) in [6, 6.07) is 5.67. The van der Waals surface area contributed by atoms with Crippen LogP contribution in [-0.2, 0) is 0 Å². The Balaban J connectivity index is 3.24. The second-order valence-corrected chi connectivity index (χ2v) is 4.99. The molecule has 0 saturated heterocycles. The van der Waals surface area contributed by atoms with Gasteiger partial charge in [0.1, 0.15) is 5.75 Å². The summed E-state index contributed by atoms with van der Waals surface area (Å²) in [5, 5.41) is 0. The molecule has 0 aliphatic rings. The molecule has 0 aliphatic heterocycles. The average molecular weight is 235 g/mol. The fourth-order valence-electron chi connectivity index (χ4n) is 1.53. The molecule has 1 rings (SSSR count). The summed E-state index contributed by atoms with van der Waals surface area (Å²) in [6.07, 6.45) is 0. The van der Waals surface area contributed by atoms with Gasteiger partial charge in [-0.1, -0.05) is 11.6 Å². The van der Waals surface area contributed by atoms with Crippen molar-refractivity contribution >= 4 is 5.78 Å². The third kappa shape index (κ3) is 2.67. The van der Waals surface area contributed by atoms with Gasteiger partial charge < -0.3 is 4.74 Å². The molecular weight excluding hydrogens is 214 g/mol. The van der Waals surface area contributed by atoms with Crippen LogP contribution in [0.4, 0.5) is 0 Å². The second-order valence-electron chi connectivity index (χ2n) is 4.99. The predicted molar refractivity (Wildman–Crippen MR) is 69.8 cm³/mol. The molecule has 0 spiro atoms. The first kappa shape index (κ1) is 13.7. The van der Waals surface area contributed by atoms with Crippen molar-refractivity contribution in [3.05, 3.63) is 29.3 Å². The number of hydrogen-bond donors (Lipinski definition) is 0. The van der Waals surface area contributed by atoms with Gasteiger partial charge in [-0.15, -0.1) is 0 Å². The average Bonchev–Trinajstić information content (AvgIpc) is 2.27. The summed E-state index contributed by atoms with van der Waals surface area (Å²) < 4.78 is 5.26. The van der Waals surface area contributed by atoms with Crippen LogP contribution in [0, 0.1) is 6.92 Å². The Morgan fingerprint density at radius 2 is 1.88 bits per heavy atom. The summed E-state index contributed by atoms with van der Waals surface area (Å²) in [4.78, 5) is 14.4. The number of ether oxygens (including phenoxy) is 1. The molecule has 0 bridgehead atoms. The summed E-state index contributed by atoms with van der Waals surface area (Å²) in [6.45, 7) is 5.80. The Morgan fingerprint density at radius 3 is 2.35 bits per heavy atom. The van der Waals surface area contributed by atoms with Crippen molar-refractivity contribution in [2.75, 3.05) is 21.2 Å². The largest absolute Gasteiger partial charge is 0.496 e. The van der Waals surface area contributed by atoms with Gasteiger partial charge in [-0.25, -0.2) is 0 Å². The molecule has 3 nitrogen and oxygen atoms in total. The number of likely N-dealkylation sites (N-methyl/N-ethyl adjacent to an activating group) is 1. The van der Waals surface area contributed by atoms with E-state index in [0.717, 1.165) is 5.56 Å². The lowest BCUT2D eigenvalue weighted by atomic mass is 9.91. The monoisotopic (exact) mass is 235 g/mol. The molecule has 0 amide bonds. The van der Waals surface area contributed by atoms with Crippen molar-refractivity contribution in [3.8, 4) is 5.75 Å². The van der Waals surface area contributed by atoms with Gasteiger partial charge in [-0.05, 0) is 47.0 Å². The third-order valence-electron chi connectivity index (χ3n) is 3.27. The molecule has 0 N–H and O–H groups in total. The molecule has 0 heterocycles. The number of rotatable bonds is 4. The van der Waals surface area contributed by atoms with Crippen LogP contribution in [0.3, 0.4) is 0 Å². The normalized spacial score (nSPS) is 11.7. The number of carbonyl (C=O) groups is 1. The van der Waals surface area contributed by atoms with Crippen molar-refractivity contribution in [3.63, 3.8) is 0 Å². The molecule has 0 saturated carbocycles. The maximum atomic E-state index is 12.5. The summed E-state index contributed by atoms with van der Waals surface area (Å²) >= 11 is 0. The van der Waals surface area contributed by atoms with Crippen LogP contribution in [0.5, 0.6) is 5.75 Å². The quantitative estimate of drug-likeness (QED) is 0.751. The highest BCUT2D eigenvalue weighted by atomic mass is 16.5. The van der Waals surface area contributed by atoms with Crippen LogP contribution < -0.4 is 4.74 Å². The van der Waals surface area contributed by atoms with Gasteiger partial charge in [0.25, 0.3) is 0 Å². The lowest BCUT2D eigenvalue weighted by Gasteiger charge is -2.31. The third-order valence-corrected chi connectivity index (χ3v) is 3.27. The van der Waals surface area contributed by atoms with E-state index >= 15 is 0 Å². The van der Waals surface area contributed by atoms with Crippen LogP contribution in [0.25, 0.3) is 0 Å². The number of ketones is 1. The number of aryl methyl sites for hydroxylation is 1. The van der Waals surface area contributed by atoms with Crippen LogP contribution >= 0.6 is 0 Å². The zero-order valence-corrected chi connectivity index (χ0v) is 11.5. The SMILES string of the molecule is COc1ccc(C)cc1C(=O)C(C)(C)N(C)C. The van der Waals surface area contributed by atoms with E-state index in [0.29, 0.717) is 11.3 Å². The van der Waals surface area contributed by atoms with E-state index in [-0.39, 0.29) is 5.78 Å². The van der Waals surface area contributed by atoms with Crippen molar-refractivity contribution < 1.29 is 9.53 Å². The number of Topliss-reactive ketones (excluding diaryl/α,β-unsaturated/α-hetero) is 1. The molecule has 17 heavy (non-hydrogen) atoms. The van der Waals surface area contributed by atoms with Crippen LogP contribution in [0.15, 0.2) is 18.2 Å². The van der Waals surface area contributed by atoms with Crippen LogP contribution in [-0.4, -0.2) is 37.4 Å². The number of nitrogens with zero attached hydrogens (tertiary/aromatic N) is 1. The Hall–Kier alpha value is -1.35. The summed E-state index contributed by atoms with van der Waals surface area (Å²) in [7, 11) is 5.39. The molecule has 0 fully saturated rings. The number of benzene rings is 1. The van der Waals surface area contributed by atoms with E-state index in [9.17, 15) is 4.79 Å². The number of carbonyl (C=O) groups excluding carboxylic acids is 1. The van der Waals surface area contributed by atoms with Gasteiger partial charge >= 0.3 is 0 Å². The first-order chi connectivity index (χ1) is 7.80. The highest BCUT2D eigenvalue weighted by Gasteiger charge is 2.32. The zero-order valence-electron chi connectivity index (χ0n) is 11.5. The first-order valence-corrected chi connectivity index (χ1v) is 5.67. The first-order valence-electron chi connectivity index (χ1n) is 5.67. The zero-order chi connectivity index (χ0) is 13.2. The smallest absolute Gasteiger partial charge is 0.186 e. The molecular formula is C14H21NO2. The van der Waals surface area contributed by atoms with E-state index in [4.69, 9.17) is 4.74 Å². The highest BCUT2D eigenvalue weighted by molar-refractivity contribution is 6.04. The van der Waals surface area contributed by atoms with Crippen molar-refractivity contribution in [1.29, 1.82) is 0 Å². The topological polar surface area (TPSA) is 29.5 Å². The predicted octanol–water partition coefficient (Wildman–Crippen LogP) is 2.53. The van der Waals surface area contributed by atoms with E-state index in [2.05, 4.69) is 0 Å². The molecule has 0 unspecified atom stereocenters. The Labute approximate surface area is 103 Å². The lowest BCUT2D eigenvalue weighted by Crippen LogP contribution is -2.45. The number of hydrogen-bond acceptors (Lipinski definition) is 3. The van der Waals surface area contributed by atoms with Crippen molar-refractivity contribution in [2.24, 2.45) is 0 Å². The Bertz CT molecular complexity index is 422. The van der Waals surface area contributed by atoms with E-state index < -0.39 is 5.54 Å². The molecule has 0 radical (unpaired) electrons. The number of methoxy groups -OCH3 is 1. The summed E-state index contributed by atoms with van der Waals surface area (Å²) in [5.41, 5.74) is 1.16. The maximum Gasteiger partial charge on any atom is 0.186 e. The van der Waals surface area contributed by atoms with Crippen LogP contribution in [0.2, 0.25) is 0 Å². The fourth-order valence-corrected chi connectivity index (χ4v) is 1.53. The van der Waals surface area contributed by atoms with Gasteiger partial charge in [-0.2, -0.15) is 0 Å². The van der Waals surface area contributed by atoms with Gasteiger partial charge in [-0.3, -0.25) is 9.69 Å². The maximum absolute atomic E-state index is 12.5. The molecule has 0 aromatic heterocycles. The minimum atomic E-state index is -0.541. The Morgan fingerprint density at radius 1 is 1.29 bits per heavy atom. The van der Waals surface area contributed by atoms with E-state index in [1.807, 2.05) is 58.0 Å². The van der Waals surface area contributed by atoms with Crippen LogP contribution in [0.1, 0.15) is 29.8 Å². The van der Waals surface area contributed by atoms with Gasteiger partial charge in [0.15, 0.2) is 5.78 Å². The second kappa shape index (κ2) is 4.88. The Kier molecular flexibility index (Phi) is 3.94. The highest BCUT2D eigenvalue weighted by Crippen LogP contribution is 2.26. The minimum Gasteiger partial charge on any atom is -0.496 e. The molecule has 0 atom stereocenters. The molecule has 1 aromatic carbocycles. The van der Waals surface area contributed by atoms with Gasteiger partial charge in [0.05, 0.1) is 18.2 Å². The van der Waals surface area contributed by atoms with Crippen molar-refractivity contribution in [2.45, 2.75) is 26.3 Å². The molecule has 94 valence electrons. The van der Waals surface area contributed by atoms with E-state index in [1.165, 1.54) is 0 Å². The van der Waals surface area contributed by atoms with Crippen molar-refractivity contribution in [1.82, 2.24) is 4.90 Å². The molecule has 0 aliphatic carbocycles. The van der Waals surface area contributed by atoms with E-state index in [1.54, 1.807) is 7.11 Å². The summed E-state index contributed by atoms with van der Waals surface area (Å²) in [5.74, 6) is 0.707. The standard InChI is InChI=1S/C14H21NO2/c1-10-7-8-12(17-6)11(9-10)13(16)14(2,3)15(4)5/h7-9H,1-6H3. The minimum absolute atomic E-state index is 0.0723.